The second-order valence-corrected chi connectivity index (χ2v) is 13.4. The van der Waals surface area contributed by atoms with Crippen LogP contribution in [-0.4, -0.2) is 44.9 Å². The van der Waals surface area contributed by atoms with Crippen LogP contribution in [0.1, 0.15) is 56.1 Å². The molecule has 0 aromatic heterocycles. The van der Waals surface area contributed by atoms with Crippen molar-refractivity contribution in [1.29, 1.82) is 0 Å². The third kappa shape index (κ3) is 8.68. The van der Waals surface area contributed by atoms with Crippen LogP contribution in [0.4, 0.5) is 0 Å². The summed E-state index contributed by atoms with van der Waals surface area (Å²) in [6.07, 6.45) is 5.51. The van der Waals surface area contributed by atoms with Crippen LogP contribution in [0.5, 0.6) is 5.75 Å². The molecule has 0 aliphatic carbocycles. The summed E-state index contributed by atoms with van der Waals surface area (Å²) in [7, 11) is -15.0. The molecule has 0 saturated heterocycles. The van der Waals surface area contributed by atoms with Gasteiger partial charge in [-0.3, -0.25) is 18.5 Å². The van der Waals surface area contributed by atoms with Crippen LogP contribution >= 0.6 is 0 Å². The molecule has 216 valence electrons. The van der Waals surface area contributed by atoms with Crippen LogP contribution in [0.3, 0.4) is 0 Å². The fraction of sp³-hybridized carbons (Fsp3) is 0.320. The Morgan fingerprint density at radius 2 is 1.02 bits per heavy atom. The molecule has 0 radical (unpaired) electrons. The molecule has 4 rings (SSSR count). The van der Waals surface area contributed by atoms with E-state index in [4.69, 9.17) is 4.74 Å². The van der Waals surface area contributed by atoms with E-state index in [1.54, 1.807) is 0 Å². The maximum Gasteiger partial charge on any atom is 1.00 e. The molecule has 0 aliphatic heterocycles. The molecule has 11 nitrogen and oxygen atoms in total. The van der Waals surface area contributed by atoms with E-state index in [-0.39, 0.29) is 137 Å². The standard InChI is InChI=1S/C25H26O11S3.3Na.3H/c1-2-3-4-5-6-7-8-23(26)36-19-13-20(37(27,28)29)16-11-12-18-22(39(33,34)35)14-21(38(30,31)32)17-10-9-15(19)24(16)25(17)18;;;;;;/h9-14H,2-8H2,1H3,(H,27,28,29)(H,30,31,32)(H,33,34,35);;;;;;/q;3*+1;3*-1. The largest absolute Gasteiger partial charge is 1.00 e. The average Bonchev–Trinajstić information content (AvgIpc) is 2.82. The number of benzene rings is 4. The Labute approximate surface area is 315 Å². The third-order valence-corrected chi connectivity index (χ3v) is 9.22. The van der Waals surface area contributed by atoms with Crippen molar-refractivity contribution in [2.75, 3.05) is 0 Å². The van der Waals surface area contributed by atoms with Crippen LogP contribution in [0, 0.1) is 0 Å². The second-order valence-electron chi connectivity index (χ2n) is 9.23. The molecule has 0 atom stereocenters. The fourth-order valence-corrected chi connectivity index (χ4v) is 7.02. The molecule has 42 heavy (non-hydrogen) atoms. The first-order chi connectivity index (χ1) is 18.1. The van der Waals surface area contributed by atoms with Crippen molar-refractivity contribution in [3.8, 4) is 5.75 Å². The van der Waals surface area contributed by atoms with Crippen LogP contribution in [0.25, 0.3) is 32.3 Å². The predicted molar refractivity (Wildman–Crippen MR) is 147 cm³/mol. The van der Waals surface area contributed by atoms with Gasteiger partial charge in [-0.25, -0.2) is 0 Å². The number of unbranched alkanes of at least 4 members (excludes halogenated alkanes) is 5. The van der Waals surface area contributed by atoms with Gasteiger partial charge in [-0.2, -0.15) is 25.3 Å². The first-order valence-electron chi connectivity index (χ1n) is 12.1. The van der Waals surface area contributed by atoms with Crippen molar-refractivity contribution in [3.63, 3.8) is 0 Å². The van der Waals surface area contributed by atoms with Gasteiger partial charge < -0.3 is 9.02 Å². The smallest absolute Gasteiger partial charge is 1.00 e. The van der Waals surface area contributed by atoms with E-state index in [0.29, 0.717) is 12.5 Å². The third-order valence-electron chi connectivity index (χ3n) is 6.54. The molecule has 0 heterocycles. The first-order valence-corrected chi connectivity index (χ1v) is 16.4. The van der Waals surface area contributed by atoms with Gasteiger partial charge in [-0.05, 0) is 18.6 Å². The summed E-state index contributed by atoms with van der Waals surface area (Å²) < 4.78 is 108. The Bertz CT molecular complexity index is 1890. The molecule has 0 bridgehead atoms. The van der Waals surface area contributed by atoms with Gasteiger partial charge in [0.2, 0.25) is 0 Å². The van der Waals surface area contributed by atoms with Gasteiger partial charge in [-0.15, -0.1) is 0 Å². The summed E-state index contributed by atoms with van der Waals surface area (Å²) in [4.78, 5) is 10.3. The van der Waals surface area contributed by atoms with Crippen LogP contribution in [0.15, 0.2) is 51.1 Å². The molecule has 0 aliphatic rings. The minimum absolute atomic E-state index is 0. The Balaban J connectivity index is -0.00000294. The van der Waals surface area contributed by atoms with Crippen LogP contribution < -0.4 is 93.4 Å². The van der Waals surface area contributed by atoms with E-state index in [1.165, 1.54) is 18.2 Å². The van der Waals surface area contributed by atoms with Crippen molar-refractivity contribution in [3.05, 3.63) is 36.4 Å². The summed E-state index contributed by atoms with van der Waals surface area (Å²) in [6, 6.07) is 6.43. The van der Waals surface area contributed by atoms with Gasteiger partial charge in [0.05, 0.1) is 0 Å². The molecule has 0 amide bonds. The van der Waals surface area contributed by atoms with E-state index >= 15 is 0 Å². The molecule has 3 N–H and O–H groups in total. The zero-order valence-corrected chi connectivity index (χ0v) is 32.2. The molecule has 17 heteroatoms. The summed E-state index contributed by atoms with van der Waals surface area (Å²) in [5.74, 6) is -0.926. The van der Waals surface area contributed by atoms with Crippen LogP contribution in [0.2, 0.25) is 0 Å². The van der Waals surface area contributed by atoms with Gasteiger partial charge in [0.15, 0.2) is 0 Å². The van der Waals surface area contributed by atoms with Gasteiger partial charge in [-0.1, -0.05) is 57.2 Å². The quantitative estimate of drug-likeness (QED) is 0.0356. The minimum atomic E-state index is -5.03. The number of hydrogen-bond acceptors (Lipinski definition) is 8. The zero-order valence-electron chi connectivity index (χ0n) is 26.7. The van der Waals surface area contributed by atoms with E-state index in [9.17, 15) is 43.7 Å². The van der Waals surface area contributed by atoms with Crippen LogP contribution in [-0.2, 0) is 35.1 Å². The summed E-state index contributed by atoms with van der Waals surface area (Å²) in [5, 5.41) is -0.593. The molecular weight excluding hydrogens is 641 g/mol. The Morgan fingerprint density at radius 3 is 1.48 bits per heavy atom. The molecule has 0 spiro atoms. The molecule has 0 saturated carbocycles. The normalized spacial score (nSPS) is 12.1. The van der Waals surface area contributed by atoms with Gasteiger partial charge >= 0.3 is 94.6 Å². The topological polar surface area (TPSA) is 189 Å². The van der Waals surface area contributed by atoms with Crippen molar-refractivity contribution in [2.45, 2.75) is 66.6 Å². The number of carbonyl (C=O) groups is 1. The van der Waals surface area contributed by atoms with Crippen molar-refractivity contribution >= 4 is 68.6 Å². The maximum atomic E-state index is 12.6. The van der Waals surface area contributed by atoms with E-state index in [0.717, 1.165) is 44.2 Å². The van der Waals surface area contributed by atoms with Crippen molar-refractivity contribution in [1.82, 2.24) is 0 Å². The van der Waals surface area contributed by atoms with Crippen molar-refractivity contribution < 1.29 is 141 Å². The number of ether oxygens (including phenoxy) is 1. The Hall–Kier alpha value is 0.120. The fourth-order valence-electron chi connectivity index (χ4n) is 4.81. The monoisotopic (exact) mass is 670 g/mol. The number of esters is 1. The minimum Gasteiger partial charge on any atom is -1.00 e. The summed E-state index contributed by atoms with van der Waals surface area (Å²) in [6.45, 7) is 2.09. The molecule has 4 aromatic rings. The molecule has 0 fully saturated rings. The Morgan fingerprint density at radius 1 is 0.643 bits per heavy atom. The Kier molecular flexibility index (Phi) is 14.9. The average molecular weight is 671 g/mol. The summed E-state index contributed by atoms with van der Waals surface area (Å²) in [5.41, 5.74) is 0. The SMILES string of the molecule is CCCCCCCCC(=O)Oc1cc(S(=O)(=O)O)c2ccc3c(S(=O)(=O)O)cc(S(=O)(=O)O)c4ccc1c2c43.[H-].[H-].[H-].[Na+].[Na+].[Na+]. The summed E-state index contributed by atoms with van der Waals surface area (Å²) >= 11 is 0. The second kappa shape index (κ2) is 15.6. The van der Waals surface area contributed by atoms with E-state index in [2.05, 4.69) is 6.92 Å². The zero-order chi connectivity index (χ0) is 28.8. The first kappa shape index (κ1) is 40.1. The number of carbonyl (C=O) groups excluding carboxylic acids is 1. The number of rotatable bonds is 11. The van der Waals surface area contributed by atoms with Gasteiger partial charge in [0, 0.05) is 44.8 Å². The molecule has 0 unspecified atom stereocenters. The molecule has 4 aromatic carbocycles. The van der Waals surface area contributed by atoms with Gasteiger partial charge in [0.25, 0.3) is 30.4 Å². The van der Waals surface area contributed by atoms with E-state index in [1.807, 2.05) is 0 Å². The maximum absolute atomic E-state index is 12.6. The van der Waals surface area contributed by atoms with E-state index < -0.39 is 51.0 Å². The predicted octanol–water partition coefficient (Wildman–Crippen LogP) is -3.67. The van der Waals surface area contributed by atoms with Gasteiger partial charge in [0.1, 0.15) is 20.4 Å². The number of hydrogen-bond donors (Lipinski definition) is 3. The van der Waals surface area contributed by atoms with Crippen molar-refractivity contribution in [2.24, 2.45) is 0 Å². The molecular formula is C25H29Na3O11S3.